The molecule has 1 aromatic rings. The van der Waals surface area contributed by atoms with E-state index in [2.05, 4.69) is 9.88 Å². The van der Waals surface area contributed by atoms with Crippen molar-refractivity contribution in [1.29, 1.82) is 0 Å². The molecule has 1 aliphatic heterocycles. The van der Waals surface area contributed by atoms with E-state index in [0.717, 1.165) is 31.1 Å². The van der Waals surface area contributed by atoms with Crippen LogP contribution in [-0.4, -0.2) is 31.3 Å². The second-order valence-corrected chi connectivity index (χ2v) is 3.58. The first-order valence-corrected chi connectivity index (χ1v) is 4.79. The molecule has 4 nitrogen and oxygen atoms in total. The number of hydrogen-bond donors (Lipinski definition) is 1. The molecule has 0 aromatic carbocycles. The number of likely N-dealkylation sites (N-methyl/N-ethyl adjacent to an activating group) is 1. The fraction of sp³-hybridized carbons (Fsp3) is 0.500. The molecule has 1 atom stereocenters. The molecule has 1 fully saturated rings. The van der Waals surface area contributed by atoms with E-state index in [4.69, 9.17) is 10.5 Å². The van der Waals surface area contributed by atoms with E-state index in [1.165, 1.54) is 0 Å². The van der Waals surface area contributed by atoms with Gasteiger partial charge in [-0.2, -0.15) is 0 Å². The summed E-state index contributed by atoms with van der Waals surface area (Å²) in [5, 5.41) is 0. The van der Waals surface area contributed by atoms with Gasteiger partial charge in [-0.1, -0.05) is 0 Å². The lowest BCUT2D eigenvalue weighted by Gasteiger charge is -2.24. The van der Waals surface area contributed by atoms with Crippen LogP contribution in [-0.2, 0) is 4.74 Å². The minimum atomic E-state index is 0.435. The minimum absolute atomic E-state index is 0.435. The average molecular weight is 193 g/mol. The zero-order chi connectivity index (χ0) is 9.97. The van der Waals surface area contributed by atoms with Crippen LogP contribution in [0.5, 0.6) is 0 Å². The maximum absolute atomic E-state index is 5.70. The van der Waals surface area contributed by atoms with Gasteiger partial charge in [0.25, 0.3) is 0 Å². The number of pyridine rings is 1. The topological polar surface area (TPSA) is 51.4 Å². The highest BCUT2D eigenvalue weighted by atomic mass is 16.5. The van der Waals surface area contributed by atoms with Crippen molar-refractivity contribution in [3.63, 3.8) is 0 Å². The molecule has 2 heterocycles. The van der Waals surface area contributed by atoms with Crippen LogP contribution >= 0.6 is 0 Å². The van der Waals surface area contributed by atoms with E-state index in [-0.39, 0.29) is 0 Å². The van der Waals surface area contributed by atoms with Crippen LogP contribution < -0.4 is 10.6 Å². The third-order valence-corrected chi connectivity index (χ3v) is 2.58. The zero-order valence-electron chi connectivity index (χ0n) is 8.31. The molecule has 14 heavy (non-hydrogen) atoms. The van der Waals surface area contributed by atoms with Gasteiger partial charge in [-0.25, -0.2) is 4.98 Å². The zero-order valence-corrected chi connectivity index (χ0v) is 8.31. The highest BCUT2D eigenvalue weighted by Crippen LogP contribution is 2.19. The molecule has 1 aliphatic rings. The molecule has 4 heteroatoms. The van der Waals surface area contributed by atoms with E-state index >= 15 is 0 Å². The number of rotatable bonds is 2. The normalized spacial score (nSPS) is 21.1. The Hall–Kier alpha value is -1.29. The van der Waals surface area contributed by atoms with Gasteiger partial charge < -0.3 is 15.4 Å². The Bertz CT molecular complexity index is 310. The van der Waals surface area contributed by atoms with Crippen molar-refractivity contribution < 1.29 is 4.74 Å². The SMILES string of the molecule is CN(c1cc(N)ccn1)C1CCOC1. The smallest absolute Gasteiger partial charge is 0.130 e. The summed E-state index contributed by atoms with van der Waals surface area (Å²) in [5.41, 5.74) is 6.45. The Balaban J connectivity index is 2.13. The predicted octanol–water partition coefficient (Wildman–Crippen LogP) is 0.889. The molecule has 0 aliphatic carbocycles. The van der Waals surface area contributed by atoms with E-state index in [1.54, 1.807) is 12.3 Å². The Morgan fingerprint density at radius 2 is 2.50 bits per heavy atom. The molecule has 1 unspecified atom stereocenters. The molecular formula is C10H15N3O. The van der Waals surface area contributed by atoms with E-state index < -0.39 is 0 Å². The summed E-state index contributed by atoms with van der Waals surface area (Å²) in [7, 11) is 2.03. The van der Waals surface area contributed by atoms with Crippen molar-refractivity contribution >= 4 is 11.5 Å². The third kappa shape index (κ3) is 1.80. The van der Waals surface area contributed by atoms with Crippen LogP contribution in [0.15, 0.2) is 18.3 Å². The Labute approximate surface area is 83.7 Å². The first-order valence-electron chi connectivity index (χ1n) is 4.79. The van der Waals surface area contributed by atoms with Crippen molar-refractivity contribution in [2.24, 2.45) is 0 Å². The number of nitrogen functional groups attached to an aromatic ring is 1. The summed E-state index contributed by atoms with van der Waals surface area (Å²) in [6.45, 7) is 1.63. The Kier molecular flexibility index (Phi) is 2.54. The van der Waals surface area contributed by atoms with E-state index in [0.29, 0.717) is 6.04 Å². The van der Waals surface area contributed by atoms with Gasteiger partial charge in [-0.15, -0.1) is 0 Å². The summed E-state index contributed by atoms with van der Waals surface area (Å²) in [5.74, 6) is 0.917. The highest BCUT2D eigenvalue weighted by molar-refractivity contribution is 5.50. The largest absolute Gasteiger partial charge is 0.399 e. The first kappa shape index (κ1) is 9.27. The van der Waals surface area contributed by atoms with E-state index in [1.807, 2.05) is 13.1 Å². The van der Waals surface area contributed by atoms with Crippen LogP contribution in [0.3, 0.4) is 0 Å². The first-order chi connectivity index (χ1) is 6.77. The van der Waals surface area contributed by atoms with Gasteiger partial charge in [0.2, 0.25) is 0 Å². The minimum Gasteiger partial charge on any atom is -0.399 e. The molecule has 2 rings (SSSR count). The summed E-state index contributed by atoms with van der Waals surface area (Å²) in [4.78, 5) is 6.40. The number of aromatic nitrogens is 1. The van der Waals surface area contributed by atoms with Crippen molar-refractivity contribution in [3.05, 3.63) is 18.3 Å². The van der Waals surface area contributed by atoms with Gasteiger partial charge in [0.05, 0.1) is 12.6 Å². The number of anilines is 2. The van der Waals surface area contributed by atoms with Gasteiger partial charge in [0.1, 0.15) is 5.82 Å². The van der Waals surface area contributed by atoms with E-state index in [9.17, 15) is 0 Å². The van der Waals surface area contributed by atoms with Crippen LogP contribution in [0, 0.1) is 0 Å². The van der Waals surface area contributed by atoms with Crippen molar-refractivity contribution in [2.45, 2.75) is 12.5 Å². The summed E-state index contributed by atoms with van der Waals surface area (Å²) >= 11 is 0. The molecule has 2 N–H and O–H groups in total. The third-order valence-electron chi connectivity index (χ3n) is 2.58. The Morgan fingerprint density at radius 3 is 3.14 bits per heavy atom. The maximum atomic E-state index is 5.70. The van der Waals surface area contributed by atoms with Crippen LogP contribution in [0.4, 0.5) is 11.5 Å². The summed E-state index contributed by atoms with van der Waals surface area (Å²) < 4.78 is 5.33. The second kappa shape index (κ2) is 3.84. The average Bonchev–Trinajstić information content (AvgIpc) is 2.69. The molecule has 0 saturated carbocycles. The predicted molar refractivity (Wildman–Crippen MR) is 56.3 cm³/mol. The second-order valence-electron chi connectivity index (χ2n) is 3.58. The summed E-state index contributed by atoms with van der Waals surface area (Å²) in [6, 6.07) is 4.12. The fourth-order valence-corrected chi connectivity index (χ4v) is 1.64. The molecule has 1 saturated heterocycles. The maximum Gasteiger partial charge on any atom is 0.130 e. The van der Waals surface area contributed by atoms with Gasteiger partial charge >= 0.3 is 0 Å². The van der Waals surface area contributed by atoms with Crippen LogP contribution in [0.25, 0.3) is 0 Å². The van der Waals surface area contributed by atoms with Crippen LogP contribution in [0.1, 0.15) is 6.42 Å². The van der Waals surface area contributed by atoms with Crippen molar-refractivity contribution in [3.8, 4) is 0 Å². The lowest BCUT2D eigenvalue weighted by atomic mass is 10.2. The number of hydrogen-bond acceptors (Lipinski definition) is 4. The molecule has 0 amide bonds. The molecule has 0 spiro atoms. The van der Waals surface area contributed by atoms with Crippen LogP contribution in [0.2, 0.25) is 0 Å². The monoisotopic (exact) mass is 193 g/mol. The molecule has 0 radical (unpaired) electrons. The molecule has 1 aromatic heterocycles. The lowest BCUT2D eigenvalue weighted by Crippen LogP contribution is -2.32. The van der Waals surface area contributed by atoms with Crippen molar-refractivity contribution in [1.82, 2.24) is 4.98 Å². The molecular weight excluding hydrogens is 178 g/mol. The lowest BCUT2D eigenvalue weighted by molar-refractivity contribution is 0.193. The van der Waals surface area contributed by atoms with Crippen molar-refractivity contribution in [2.75, 3.05) is 30.9 Å². The van der Waals surface area contributed by atoms with Gasteiger partial charge in [-0.3, -0.25) is 0 Å². The van der Waals surface area contributed by atoms with Gasteiger partial charge in [-0.05, 0) is 12.5 Å². The standard InChI is InChI=1S/C10H15N3O/c1-13(9-3-5-14-7-9)10-6-8(11)2-4-12-10/h2,4,6,9H,3,5,7H2,1H3,(H2,11,12). The highest BCUT2D eigenvalue weighted by Gasteiger charge is 2.21. The Morgan fingerprint density at radius 1 is 1.64 bits per heavy atom. The quantitative estimate of drug-likeness (QED) is 0.757. The number of nitrogens with two attached hydrogens (primary N) is 1. The van der Waals surface area contributed by atoms with Gasteiger partial charge in [0, 0.05) is 31.6 Å². The number of nitrogens with zero attached hydrogens (tertiary/aromatic N) is 2. The number of ether oxygens (including phenoxy) is 1. The summed E-state index contributed by atoms with van der Waals surface area (Å²) in [6.07, 6.45) is 2.80. The fourth-order valence-electron chi connectivity index (χ4n) is 1.64. The molecule has 0 bridgehead atoms. The molecule has 76 valence electrons. The van der Waals surface area contributed by atoms with Gasteiger partial charge in [0.15, 0.2) is 0 Å².